The lowest BCUT2D eigenvalue weighted by Gasteiger charge is -2.20. The van der Waals surface area contributed by atoms with Crippen LogP contribution >= 0.6 is 11.6 Å². The van der Waals surface area contributed by atoms with Gasteiger partial charge in [-0.25, -0.2) is 0 Å². The molecule has 1 unspecified atom stereocenters. The van der Waals surface area contributed by atoms with Gasteiger partial charge in [0, 0.05) is 24.4 Å². The Bertz CT molecular complexity index is 686. The third kappa shape index (κ3) is 2.81. The predicted molar refractivity (Wildman–Crippen MR) is 89.6 cm³/mol. The summed E-state index contributed by atoms with van der Waals surface area (Å²) in [4.78, 5) is 14.1. The number of alkyl halides is 1. The number of amides is 1. The van der Waals surface area contributed by atoms with Crippen molar-refractivity contribution in [1.82, 2.24) is 0 Å². The highest BCUT2D eigenvalue weighted by atomic mass is 35.5. The lowest BCUT2D eigenvalue weighted by molar-refractivity contribution is -0.117. The molecule has 1 atom stereocenters. The molecule has 22 heavy (non-hydrogen) atoms. The van der Waals surface area contributed by atoms with Gasteiger partial charge in [0.1, 0.15) is 5.75 Å². The fraction of sp³-hybridized carbons (Fsp3) is 0.278. The number of carbonyl (C=O) groups is 1. The fourth-order valence-corrected chi connectivity index (χ4v) is 3.07. The molecular formula is C18H18ClNO2. The number of hydrogen-bond acceptors (Lipinski definition) is 2. The number of anilines is 1. The van der Waals surface area contributed by atoms with Crippen molar-refractivity contribution in [2.45, 2.75) is 6.42 Å². The van der Waals surface area contributed by atoms with Gasteiger partial charge in [-0.2, -0.15) is 0 Å². The number of ether oxygens (including phenoxy) is 1. The number of para-hydroxylation sites is 1. The summed E-state index contributed by atoms with van der Waals surface area (Å²) in [6.45, 7) is 0.684. The summed E-state index contributed by atoms with van der Waals surface area (Å²) in [5, 5.41) is 0. The molecule has 3 rings (SSSR count). The van der Waals surface area contributed by atoms with Gasteiger partial charge in [-0.05, 0) is 29.7 Å². The molecular weight excluding hydrogens is 298 g/mol. The summed E-state index contributed by atoms with van der Waals surface area (Å²) in [6.07, 6.45) is 0.524. The number of rotatable bonds is 4. The van der Waals surface area contributed by atoms with E-state index in [-0.39, 0.29) is 11.8 Å². The number of halogens is 1. The van der Waals surface area contributed by atoms with Crippen molar-refractivity contribution in [1.29, 1.82) is 0 Å². The molecule has 114 valence electrons. The van der Waals surface area contributed by atoms with Gasteiger partial charge in [0.25, 0.3) is 0 Å². The van der Waals surface area contributed by atoms with Crippen molar-refractivity contribution in [3.05, 3.63) is 48.5 Å². The third-order valence-corrected chi connectivity index (χ3v) is 4.44. The van der Waals surface area contributed by atoms with Crippen LogP contribution in [0.25, 0.3) is 11.1 Å². The molecule has 1 aliphatic heterocycles. The highest BCUT2D eigenvalue weighted by Crippen LogP contribution is 2.35. The van der Waals surface area contributed by atoms with E-state index in [4.69, 9.17) is 16.3 Å². The minimum Gasteiger partial charge on any atom is -0.497 e. The maximum absolute atomic E-state index is 12.3. The smallest absolute Gasteiger partial charge is 0.227 e. The lowest BCUT2D eigenvalue weighted by Crippen LogP contribution is -2.25. The Morgan fingerprint density at radius 2 is 2.05 bits per heavy atom. The Kier molecular flexibility index (Phi) is 4.34. The van der Waals surface area contributed by atoms with Crippen LogP contribution in [0.2, 0.25) is 0 Å². The molecule has 1 aliphatic rings. The zero-order valence-electron chi connectivity index (χ0n) is 12.5. The van der Waals surface area contributed by atoms with E-state index in [0.29, 0.717) is 18.8 Å². The van der Waals surface area contributed by atoms with Gasteiger partial charge in [-0.3, -0.25) is 4.79 Å². The van der Waals surface area contributed by atoms with E-state index in [1.54, 1.807) is 7.11 Å². The van der Waals surface area contributed by atoms with Gasteiger partial charge in [-0.1, -0.05) is 30.3 Å². The number of hydrogen-bond donors (Lipinski definition) is 0. The molecule has 4 heteroatoms. The minimum absolute atomic E-state index is 0.140. The number of benzene rings is 2. The van der Waals surface area contributed by atoms with Crippen LogP contribution in [0, 0.1) is 5.92 Å². The monoisotopic (exact) mass is 315 g/mol. The largest absolute Gasteiger partial charge is 0.497 e. The molecule has 0 aliphatic carbocycles. The summed E-state index contributed by atoms with van der Waals surface area (Å²) in [7, 11) is 1.65. The summed E-state index contributed by atoms with van der Waals surface area (Å²) in [6, 6.07) is 15.8. The third-order valence-electron chi connectivity index (χ3n) is 4.00. The highest BCUT2D eigenvalue weighted by molar-refractivity contribution is 6.18. The Morgan fingerprint density at radius 3 is 2.77 bits per heavy atom. The van der Waals surface area contributed by atoms with Crippen molar-refractivity contribution in [2.24, 2.45) is 5.92 Å². The van der Waals surface area contributed by atoms with Gasteiger partial charge in [0.15, 0.2) is 0 Å². The van der Waals surface area contributed by atoms with Gasteiger partial charge >= 0.3 is 0 Å². The van der Waals surface area contributed by atoms with E-state index in [1.807, 2.05) is 53.4 Å². The van der Waals surface area contributed by atoms with Gasteiger partial charge in [0.05, 0.1) is 12.8 Å². The number of carbonyl (C=O) groups excluding carboxylic acids is 1. The highest BCUT2D eigenvalue weighted by Gasteiger charge is 2.31. The summed E-state index contributed by atoms with van der Waals surface area (Å²) >= 11 is 5.93. The minimum atomic E-state index is 0.140. The fourth-order valence-electron chi connectivity index (χ4n) is 2.86. The van der Waals surface area contributed by atoms with E-state index >= 15 is 0 Å². The van der Waals surface area contributed by atoms with Gasteiger partial charge in [0.2, 0.25) is 5.91 Å². The Morgan fingerprint density at radius 1 is 1.23 bits per heavy atom. The molecule has 3 nitrogen and oxygen atoms in total. The first-order valence-corrected chi connectivity index (χ1v) is 7.86. The van der Waals surface area contributed by atoms with Crippen molar-refractivity contribution in [3.8, 4) is 16.9 Å². The maximum atomic E-state index is 12.3. The molecule has 2 aromatic carbocycles. The Hall–Kier alpha value is -2.00. The Balaban J connectivity index is 2.01. The number of methoxy groups -OCH3 is 1. The molecule has 0 radical (unpaired) electrons. The van der Waals surface area contributed by atoms with Crippen molar-refractivity contribution >= 4 is 23.2 Å². The lowest BCUT2D eigenvalue weighted by atomic mass is 10.0. The van der Waals surface area contributed by atoms with Crippen LogP contribution in [-0.4, -0.2) is 25.4 Å². The van der Waals surface area contributed by atoms with Crippen LogP contribution in [0.4, 0.5) is 5.69 Å². The van der Waals surface area contributed by atoms with E-state index in [0.717, 1.165) is 22.6 Å². The van der Waals surface area contributed by atoms with E-state index in [9.17, 15) is 4.79 Å². The molecule has 1 fully saturated rings. The first-order valence-electron chi connectivity index (χ1n) is 7.32. The molecule has 0 aromatic heterocycles. The second kappa shape index (κ2) is 6.41. The van der Waals surface area contributed by atoms with Crippen LogP contribution in [0.15, 0.2) is 48.5 Å². The quantitative estimate of drug-likeness (QED) is 0.799. The summed E-state index contributed by atoms with van der Waals surface area (Å²) in [5.41, 5.74) is 3.01. The standard InChI is InChI=1S/C18H18ClNO2/c1-22-15-6-4-5-14(10-15)16-7-2-3-8-17(16)20-12-13(11-19)9-18(20)21/h2-8,10,13H,9,11-12H2,1H3. The first kappa shape index (κ1) is 14.9. The topological polar surface area (TPSA) is 29.5 Å². The van der Waals surface area contributed by atoms with Crippen LogP contribution < -0.4 is 9.64 Å². The maximum Gasteiger partial charge on any atom is 0.227 e. The molecule has 0 N–H and O–H groups in total. The molecule has 0 saturated carbocycles. The van der Waals surface area contributed by atoms with E-state index in [2.05, 4.69) is 0 Å². The average molecular weight is 316 g/mol. The molecule has 0 spiro atoms. The van der Waals surface area contributed by atoms with Gasteiger partial charge in [-0.15, -0.1) is 11.6 Å². The molecule has 2 aromatic rings. The second-order valence-electron chi connectivity index (χ2n) is 5.48. The zero-order chi connectivity index (χ0) is 15.5. The van der Waals surface area contributed by atoms with Crippen LogP contribution in [0.3, 0.4) is 0 Å². The second-order valence-corrected chi connectivity index (χ2v) is 5.79. The zero-order valence-corrected chi connectivity index (χ0v) is 13.2. The average Bonchev–Trinajstić information content (AvgIpc) is 2.96. The summed E-state index contributed by atoms with van der Waals surface area (Å²) in [5.74, 6) is 1.69. The number of nitrogens with zero attached hydrogens (tertiary/aromatic N) is 1. The van der Waals surface area contributed by atoms with Crippen molar-refractivity contribution in [3.63, 3.8) is 0 Å². The molecule has 0 bridgehead atoms. The van der Waals surface area contributed by atoms with Gasteiger partial charge < -0.3 is 9.64 Å². The molecule has 1 saturated heterocycles. The Labute approximate surface area is 135 Å². The van der Waals surface area contributed by atoms with Crippen LogP contribution in [0.1, 0.15) is 6.42 Å². The van der Waals surface area contributed by atoms with Crippen LogP contribution in [0.5, 0.6) is 5.75 Å². The first-order chi connectivity index (χ1) is 10.7. The SMILES string of the molecule is COc1cccc(-c2ccccc2N2CC(CCl)CC2=O)c1. The summed E-state index contributed by atoms with van der Waals surface area (Å²) < 4.78 is 5.30. The van der Waals surface area contributed by atoms with Crippen LogP contribution in [-0.2, 0) is 4.79 Å². The van der Waals surface area contributed by atoms with E-state index in [1.165, 1.54) is 0 Å². The normalized spacial score (nSPS) is 17.8. The predicted octanol–water partition coefficient (Wildman–Crippen LogP) is 3.95. The molecule has 1 heterocycles. The van der Waals surface area contributed by atoms with Crippen molar-refractivity contribution in [2.75, 3.05) is 24.4 Å². The van der Waals surface area contributed by atoms with E-state index < -0.39 is 0 Å². The van der Waals surface area contributed by atoms with Crippen molar-refractivity contribution < 1.29 is 9.53 Å². The molecule has 1 amide bonds.